The van der Waals surface area contributed by atoms with E-state index >= 15 is 0 Å². The molecule has 0 aliphatic rings. The molecule has 0 bridgehead atoms. The van der Waals surface area contributed by atoms with Crippen molar-refractivity contribution in [1.29, 1.82) is 0 Å². The quantitative estimate of drug-likeness (QED) is 0.542. The molecule has 0 aromatic carbocycles. The summed E-state index contributed by atoms with van der Waals surface area (Å²) in [6, 6.07) is 0. The lowest BCUT2D eigenvalue weighted by molar-refractivity contribution is 0.550. The average molecular weight is 333 g/mol. The number of nitrogens with zero attached hydrogens (tertiary/aromatic N) is 6. The Morgan fingerprint density at radius 1 is 1.13 bits per heavy atom. The first-order valence-corrected chi connectivity index (χ1v) is 8.45. The Labute approximate surface area is 138 Å². The molecular weight excluding hydrogens is 314 g/mol. The van der Waals surface area contributed by atoms with Crippen LogP contribution >= 0.6 is 11.8 Å². The van der Waals surface area contributed by atoms with Gasteiger partial charge in [-0.2, -0.15) is 4.98 Å². The second-order valence-corrected chi connectivity index (χ2v) is 6.12. The van der Waals surface area contributed by atoms with Crippen LogP contribution in [-0.4, -0.2) is 42.0 Å². The molecule has 3 heterocycles. The Kier molecular flexibility index (Phi) is 4.46. The van der Waals surface area contributed by atoms with Gasteiger partial charge in [0, 0.05) is 25.8 Å². The number of oxazole rings is 1. The summed E-state index contributed by atoms with van der Waals surface area (Å²) in [6.07, 6.45) is 0. The monoisotopic (exact) mass is 333 g/mol. The lowest BCUT2D eigenvalue weighted by atomic mass is 10.4. The zero-order chi connectivity index (χ0) is 16.4. The molecule has 122 valence electrons. The van der Waals surface area contributed by atoms with Gasteiger partial charge in [-0.1, -0.05) is 11.8 Å². The van der Waals surface area contributed by atoms with E-state index in [0.717, 1.165) is 29.8 Å². The number of hydrogen-bond donors (Lipinski definition) is 1. The summed E-state index contributed by atoms with van der Waals surface area (Å²) in [6.45, 7) is 9.30. The van der Waals surface area contributed by atoms with Crippen molar-refractivity contribution in [3.8, 4) is 0 Å². The van der Waals surface area contributed by atoms with Crippen molar-refractivity contribution in [1.82, 2.24) is 29.7 Å². The van der Waals surface area contributed by atoms with Gasteiger partial charge in [-0.05, 0) is 20.8 Å². The third-order valence-corrected chi connectivity index (χ3v) is 4.29. The number of rotatable bonds is 6. The Morgan fingerprint density at radius 3 is 2.74 bits per heavy atom. The first-order valence-electron chi connectivity index (χ1n) is 7.46. The third kappa shape index (κ3) is 3.29. The predicted molar refractivity (Wildman–Crippen MR) is 88.7 cm³/mol. The highest BCUT2D eigenvalue weighted by Gasteiger charge is 2.12. The van der Waals surface area contributed by atoms with Crippen LogP contribution in [0.3, 0.4) is 0 Å². The fourth-order valence-electron chi connectivity index (χ4n) is 2.30. The molecule has 0 fully saturated rings. The maximum atomic E-state index is 5.47. The van der Waals surface area contributed by atoms with Crippen LogP contribution in [0.15, 0.2) is 9.57 Å². The number of thioether (sulfide) groups is 1. The van der Waals surface area contributed by atoms with Crippen LogP contribution in [0.25, 0.3) is 11.2 Å². The SMILES string of the molecule is CCn1c(C)nnc1SCCNc1nc(C)nc2oc(C)nc12. The van der Waals surface area contributed by atoms with Gasteiger partial charge in [-0.25, -0.2) is 9.97 Å². The van der Waals surface area contributed by atoms with Crippen LogP contribution in [0.4, 0.5) is 5.82 Å². The molecule has 3 aromatic rings. The number of aryl methyl sites for hydroxylation is 3. The van der Waals surface area contributed by atoms with E-state index in [4.69, 9.17) is 4.42 Å². The minimum atomic E-state index is 0.520. The van der Waals surface area contributed by atoms with Crippen LogP contribution in [0, 0.1) is 20.8 Å². The van der Waals surface area contributed by atoms with Crippen molar-refractivity contribution in [3.63, 3.8) is 0 Å². The van der Waals surface area contributed by atoms with Gasteiger partial charge in [0.2, 0.25) is 0 Å². The van der Waals surface area contributed by atoms with Crippen molar-refractivity contribution < 1.29 is 4.42 Å². The van der Waals surface area contributed by atoms with E-state index in [1.165, 1.54) is 0 Å². The van der Waals surface area contributed by atoms with Crippen LogP contribution in [-0.2, 0) is 6.54 Å². The highest BCUT2D eigenvalue weighted by atomic mass is 32.2. The molecule has 0 spiro atoms. The molecule has 9 heteroatoms. The highest BCUT2D eigenvalue weighted by Crippen LogP contribution is 2.21. The third-order valence-electron chi connectivity index (χ3n) is 3.32. The molecular formula is C14H19N7OS. The molecule has 0 unspecified atom stereocenters. The lowest BCUT2D eigenvalue weighted by Gasteiger charge is -2.07. The van der Waals surface area contributed by atoms with Gasteiger partial charge in [0.05, 0.1) is 0 Å². The van der Waals surface area contributed by atoms with E-state index in [1.807, 2.05) is 13.8 Å². The Morgan fingerprint density at radius 2 is 1.96 bits per heavy atom. The molecule has 0 radical (unpaired) electrons. The van der Waals surface area contributed by atoms with Crippen LogP contribution in [0.5, 0.6) is 0 Å². The second-order valence-electron chi connectivity index (χ2n) is 5.06. The Hall–Kier alpha value is -2.16. The van der Waals surface area contributed by atoms with E-state index in [-0.39, 0.29) is 0 Å². The van der Waals surface area contributed by atoms with E-state index in [9.17, 15) is 0 Å². The number of aromatic nitrogens is 6. The molecule has 8 nitrogen and oxygen atoms in total. The fraction of sp³-hybridized carbons (Fsp3) is 0.500. The predicted octanol–water partition coefficient (Wildman–Crippen LogP) is 2.36. The fourth-order valence-corrected chi connectivity index (χ4v) is 3.20. The highest BCUT2D eigenvalue weighted by molar-refractivity contribution is 7.99. The van der Waals surface area contributed by atoms with Gasteiger partial charge < -0.3 is 14.3 Å². The summed E-state index contributed by atoms with van der Waals surface area (Å²) in [5, 5.41) is 12.5. The molecule has 0 atom stereocenters. The first-order chi connectivity index (χ1) is 11.1. The number of nitrogens with one attached hydrogen (secondary N) is 1. The molecule has 0 aliphatic carbocycles. The first kappa shape index (κ1) is 15.7. The number of anilines is 1. The maximum Gasteiger partial charge on any atom is 0.252 e. The van der Waals surface area contributed by atoms with Crippen LogP contribution in [0.2, 0.25) is 0 Å². The zero-order valence-electron chi connectivity index (χ0n) is 13.6. The van der Waals surface area contributed by atoms with Crippen LogP contribution < -0.4 is 5.32 Å². The Bertz CT molecular complexity index is 826. The molecule has 3 aromatic heterocycles. The lowest BCUT2D eigenvalue weighted by Crippen LogP contribution is -2.08. The average Bonchev–Trinajstić information content (AvgIpc) is 3.05. The van der Waals surface area contributed by atoms with Gasteiger partial charge in [0.1, 0.15) is 11.6 Å². The van der Waals surface area contributed by atoms with Crippen molar-refractivity contribution in [2.45, 2.75) is 39.4 Å². The van der Waals surface area contributed by atoms with Crippen molar-refractivity contribution in [2.24, 2.45) is 0 Å². The molecule has 0 saturated heterocycles. The Balaban J connectivity index is 1.65. The molecule has 3 rings (SSSR count). The minimum absolute atomic E-state index is 0.520. The summed E-state index contributed by atoms with van der Waals surface area (Å²) in [7, 11) is 0. The molecule has 0 amide bonds. The van der Waals surface area contributed by atoms with E-state index in [2.05, 4.69) is 42.0 Å². The summed E-state index contributed by atoms with van der Waals surface area (Å²) < 4.78 is 7.56. The molecule has 1 N–H and O–H groups in total. The van der Waals surface area contributed by atoms with Gasteiger partial charge in [-0.15, -0.1) is 10.2 Å². The van der Waals surface area contributed by atoms with E-state index in [0.29, 0.717) is 28.8 Å². The summed E-state index contributed by atoms with van der Waals surface area (Å²) in [4.78, 5) is 13.0. The minimum Gasteiger partial charge on any atom is -0.422 e. The number of hydrogen-bond acceptors (Lipinski definition) is 8. The zero-order valence-corrected chi connectivity index (χ0v) is 14.4. The largest absolute Gasteiger partial charge is 0.422 e. The second kappa shape index (κ2) is 6.53. The molecule has 0 aliphatic heterocycles. The topological polar surface area (TPSA) is 94.6 Å². The molecule has 23 heavy (non-hydrogen) atoms. The maximum absolute atomic E-state index is 5.47. The van der Waals surface area contributed by atoms with E-state index < -0.39 is 0 Å². The van der Waals surface area contributed by atoms with Crippen molar-refractivity contribution >= 4 is 28.8 Å². The smallest absolute Gasteiger partial charge is 0.252 e. The van der Waals surface area contributed by atoms with Gasteiger partial charge in [0.15, 0.2) is 22.4 Å². The van der Waals surface area contributed by atoms with Crippen LogP contribution in [0.1, 0.15) is 24.5 Å². The normalized spacial score (nSPS) is 11.3. The van der Waals surface area contributed by atoms with Gasteiger partial charge >= 0.3 is 0 Å². The standard InChI is InChI=1S/C14H19N7OS/c1-5-21-9(3)19-20-14(21)23-7-6-15-12-11-13(17-8(2)16-12)22-10(4)18-11/h5-7H2,1-4H3,(H,15,16,17). The van der Waals surface area contributed by atoms with Gasteiger partial charge in [-0.3, -0.25) is 0 Å². The molecule has 0 saturated carbocycles. The van der Waals surface area contributed by atoms with Crippen molar-refractivity contribution in [2.75, 3.05) is 17.6 Å². The summed E-state index contributed by atoms with van der Waals surface area (Å²) >= 11 is 1.67. The van der Waals surface area contributed by atoms with Gasteiger partial charge in [0.25, 0.3) is 5.71 Å². The summed E-state index contributed by atoms with van der Waals surface area (Å²) in [5.41, 5.74) is 1.19. The number of fused-ring (bicyclic) bond motifs is 1. The van der Waals surface area contributed by atoms with E-state index in [1.54, 1.807) is 18.7 Å². The van der Waals surface area contributed by atoms with Crippen molar-refractivity contribution in [3.05, 3.63) is 17.5 Å². The summed E-state index contributed by atoms with van der Waals surface area (Å²) in [5.74, 6) is 3.74.